The molecule has 1 atom stereocenters. The van der Waals surface area contributed by atoms with Crippen LogP contribution >= 0.6 is 28.1 Å². The van der Waals surface area contributed by atoms with Gasteiger partial charge in [-0.1, -0.05) is 28.1 Å². The molecule has 1 aromatic carbocycles. The lowest BCUT2D eigenvalue weighted by Crippen LogP contribution is -2.46. The second kappa shape index (κ2) is 6.54. The summed E-state index contributed by atoms with van der Waals surface area (Å²) in [5.74, 6) is -0.210. The first-order chi connectivity index (χ1) is 9.54. The molecule has 0 saturated carbocycles. The standard InChI is InChI=1S/C14H17BrN2O2S/c1-19-14(18)11-4-2-3-7-17(11)12-8-9(15)5-6-10(12)13(16)20/h5-6,8,11H,2-4,7H2,1H3,(H2,16,20). The van der Waals surface area contributed by atoms with Gasteiger partial charge >= 0.3 is 5.97 Å². The van der Waals surface area contributed by atoms with Crippen LogP contribution in [0.2, 0.25) is 0 Å². The van der Waals surface area contributed by atoms with Crippen molar-refractivity contribution >= 4 is 44.8 Å². The summed E-state index contributed by atoms with van der Waals surface area (Å²) in [5, 5.41) is 0. The average Bonchev–Trinajstić information content (AvgIpc) is 2.46. The summed E-state index contributed by atoms with van der Waals surface area (Å²) < 4.78 is 5.85. The smallest absolute Gasteiger partial charge is 0.328 e. The Kier molecular flexibility index (Phi) is 4.99. The lowest BCUT2D eigenvalue weighted by Gasteiger charge is -2.36. The number of methoxy groups -OCH3 is 1. The zero-order valence-corrected chi connectivity index (χ0v) is 13.7. The maximum Gasteiger partial charge on any atom is 0.328 e. The largest absolute Gasteiger partial charge is 0.467 e. The van der Waals surface area contributed by atoms with Crippen molar-refractivity contribution < 1.29 is 9.53 Å². The fraction of sp³-hybridized carbons (Fsp3) is 0.429. The number of esters is 1. The van der Waals surface area contributed by atoms with Crippen LogP contribution in [0.1, 0.15) is 24.8 Å². The van der Waals surface area contributed by atoms with Gasteiger partial charge in [0.05, 0.1) is 7.11 Å². The maximum absolute atomic E-state index is 12.0. The van der Waals surface area contributed by atoms with E-state index in [1.165, 1.54) is 7.11 Å². The Hall–Kier alpha value is -1.14. The minimum absolute atomic E-state index is 0.210. The van der Waals surface area contributed by atoms with Crippen molar-refractivity contribution in [2.45, 2.75) is 25.3 Å². The monoisotopic (exact) mass is 356 g/mol. The van der Waals surface area contributed by atoms with Gasteiger partial charge in [0.1, 0.15) is 11.0 Å². The molecule has 6 heteroatoms. The normalized spacial score (nSPS) is 18.7. The van der Waals surface area contributed by atoms with Crippen molar-refractivity contribution in [2.75, 3.05) is 18.6 Å². The van der Waals surface area contributed by atoms with E-state index in [0.717, 1.165) is 41.5 Å². The highest BCUT2D eigenvalue weighted by molar-refractivity contribution is 9.10. The van der Waals surface area contributed by atoms with E-state index in [1.807, 2.05) is 18.2 Å². The van der Waals surface area contributed by atoms with Crippen LogP contribution in [-0.4, -0.2) is 30.7 Å². The quantitative estimate of drug-likeness (QED) is 0.666. The molecule has 108 valence electrons. The number of piperidine rings is 1. The third kappa shape index (κ3) is 3.12. The highest BCUT2D eigenvalue weighted by Crippen LogP contribution is 2.31. The van der Waals surface area contributed by atoms with Crippen LogP contribution in [-0.2, 0) is 9.53 Å². The first kappa shape index (κ1) is 15.3. The van der Waals surface area contributed by atoms with E-state index >= 15 is 0 Å². The fourth-order valence-electron chi connectivity index (χ4n) is 2.55. The molecular formula is C14H17BrN2O2S. The number of carbonyl (C=O) groups excluding carboxylic acids is 1. The van der Waals surface area contributed by atoms with Crippen LogP contribution in [0.3, 0.4) is 0 Å². The Morgan fingerprint density at radius 2 is 2.25 bits per heavy atom. The Balaban J connectivity index is 2.44. The lowest BCUT2D eigenvalue weighted by atomic mass is 9.99. The van der Waals surface area contributed by atoms with Gasteiger partial charge in [0.2, 0.25) is 0 Å². The van der Waals surface area contributed by atoms with E-state index in [-0.39, 0.29) is 12.0 Å². The van der Waals surface area contributed by atoms with Gasteiger partial charge in [0, 0.05) is 22.3 Å². The molecule has 1 aliphatic rings. The number of nitrogens with two attached hydrogens (primary N) is 1. The summed E-state index contributed by atoms with van der Waals surface area (Å²) >= 11 is 8.57. The average molecular weight is 357 g/mol. The minimum atomic E-state index is -0.267. The van der Waals surface area contributed by atoms with Crippen molar-refractivity contribution in [1.29, 1.82) is 0 Å². The minimum Gasteiger partial charge on any atom is -0.467 e. The van der Waals surface area contributed by atoms with Crippen LogP contribution in [0.4, 0.5) is 5.69 Å². The Morgan fingerprint density at radius 3 is 2.90 bits per heavy atom. The SMILES string of the molecule is COC(=O)C1CCCCN1c1cc(Br)ccc1C(N)=S. The van der Waals surface area contributed by atoms with E-state index in [2.05, 4.69) is 20.8 Å². The van der Waals surface area contributed by atoms with Gasteiger partial charge in [0.25, 0.3) is 0 Å². The molecule has 1 aromatic rings. The molecule has 1 heterocycles. The third-order valence-electron chi connectivity index (χ3n) is 3.51. The molecule has 0 amide bonds. The Morgan fingerprint density at radius 1 is 1.50 bits per heavy atom. The molecule has 1 aliphatic heterocycles. The van der Waals surface area contributed by atoms with E-state index in [1.54, 1.807) is 0 Å². The van der Waals surface area contributed by atoms with Gasteiger partial charge in [-0.25, -0.2) is 4.79 Å². The highest BCUT2D eigenvalue weighted by Gasteiger charge is 2.31. The molecule has 1 unspecified atom stereocenters. The second-order valence-corrected chi connectivity index (χ2v) is 6.11. The number of nitrogens with zero attached hydrogens (tertiary/aromatic N) is 1. The number of rotatable bonds is 3. The highest BCUT2D eigenvalue weighted by atomic mass is 79.9. The van der Waals surface area contributed by atoms with E-state index in [0.29, 0.717) is 4.99 Å². The number of anilines is 1. The van der Waals surface area contributed by atoms with Crippen molar-refractivity contribution in [3.8, 4) is 0 Å². The topological polar surface area (TPSA) is 55.6 Å². The maximum atomic E-state index is 12.0. The van der Waals surface area contributed by atoms with Crippen LogP contribution in [0, 0.1) is 0 Å². The number of thiocarbonyl (C=S) groups is 1. The van der Waals surface area contributed by atoms with Crippen molar-refractivity contribution in [2.24, 2.45) is 5.73 Å². The van der Waals surface area contributed by atoms with Crippen molar-refractivity contribution in [1.82, 2.24) is 0 Å². The number of hydrogen-bond acceptors (Lipinski definition) is 4. The lowest BCUT2D eigenvalue weighted by molar-refractivity contribution is -0.142. The molecule has 4 nitrogen and oxygen atoms in total. The number of carbonyl (C=O) groups is 1. The van der Waals surface area contributed by atoms with Crippen LogP contribution in [0.15, 0.2) is 22.7 Å². The first-order valence-electron chi connectivity index (χ1n) is 6.48. The fourth-order valence-corrected chi connectivity index (χ4v) is 3.07. The summed E-state index contributed by atoms with van der Waals surface area (Å²) in [5.41, 5.74) is 7.48. The van der Waals surface area contributed by atoms with E-state index in [9.17, 15) is 4.79 Å². The van der Waals surface area contributed by atoms with Crippen molar-refractivity contribution in [3.05, 3.63) is 28.2 Å². The predicted octanol–water partition coefficient (Wildman–Crippen LogP) is 2.62. The summed E-state index contributed by atoms with van der Waals surface area (Å²) in [6, 6.07) is 5.46. The Labute approximate surface area is 132 Å². The molecule has 2 rings (SSSR count). The first-order valence-corrected chi connectivity index (χ1v) is 7.68. The van der Waals surface area contributed by atoms with Crippen LogP contribution in [0.25, 0.3) is 0 Å². The van der Waals surface area contributed by atoms with E-state index < -0.39 is 0 Å². The second-order valence-electron chi connectivity index (χ2n) is 4.75. The molecular weight excluding hydrogens is 340 g/mol. The van der Waals surface area contributed by atoms with Gasteiger partial charge in [-0.15, -0.1) is 0 Å². The van der Waals surface area contributed by atoms with Gasteiger partial charge in [-0.3, -0.25) is 0 Å². The summed E-state index contributed by atoms with van der Waals surface area (Å²) in [4.78, 5) is 14.4. The molecule has 1 saturated heterocycles. The molecule has 1 fully saturated rings. The van der Waals surface area contributed by atoms with Gasteiger partial charge in [0.15, 0.2) is 0 Å². The molecule has 0 radical (unpaired) electrons. The number of hydrogen-bond donors (Lipinski definition) is 1. The van der Waals surface area contributed by atoms with Gasteiger partial charge < -0.3 is 15.4 Å². The zero-order chi connectivity index (χ0) is 14.7. The zero-order valence-electron chi connectivity index (χ0n) is 11.3. The molecule has 0 aromatic heterocycles. The molecule has 0 bridgehead atoms. The third-order valence-corrected chi connectivity index (χ3v) is 4.22. The van der Waals surface area contributed by atoms with Gasteiger partial charge in [-0.2, -0.15) is 0 Å². The molecule has 20 heavy (non-hydrogen) atoms. The molecule has 2 N–H and O–H groups in total. The number of ether oxygens (including phenoxy) is 1. The van der Waals surface area contributed by atoms with Crippen LogP contribution in [0.5, 0.6) is 0 Å². The summed E-state index contributed by atoms with van der Waals surface area (Å²) in [7, 11) is 1.42. The van der Waals surface area contributed by atoms with Gasteiger partial charge in [-0.05, 0) is 37.5 Å². The summed E-state index contributed by atoms with van der Waals surface area (Å²) in [6.45, 7) is 0.797. The van der Waals surface area contributed by atoms with Crippen LogP contribution < -0.4 is 10.6 Å². The summed E-state index contributed by atoms with van der Waals surface area (Å²) in [6.07, 6.45) is 2.85. The Bertz CT molecular complexity index is 536. The van der Waals surface area contributed by atoms with E-state index in [4.69, 9.17) is 22.7 Å². The number of halogens is 1. The van der Waals surface area contributed by atoms with Crippen molar-refractivity contribution in [3.63, 3.8) is 0 Å². The molecule has 0 aliphatic carbocycles. The predicted molar refractivity (Wildman–Crippen MR) is 87.0 cm³/mol. The number of benzene rings is 1. The molecule has 0 spiro atoms.